The normalized spacial score (nSPS) is 19.3. The zero-order valence-corrected chi connectivity index (χ0v) is 13.3. The summed E-state index contributed by atoms with van der Waals surface area (Å²) in [5.41, 5.74) is 3.65. The highest BCUT2D eigenvalue weighted by Gasteiger charge is 2.22. The van der Waals surface area contributed by atoms with E-state index >= 15 is 0 Å². The molecule has 0 aliphatic carbocycles. The van der Waals surface area contributed by atoms with Crippen molar-refractivity contribution in [2.75, 3.05) is 25.0 Å². The van der Waals surface area contributed by atoms with Crippen molar-refractivity contribution in [2.24, 2.45) is 0 Å². The number of pyridine rings is 1. The summed E-state index contributed by atoms with van der Waals surface area (Å²) in [4.78, 5) is 7.34. The van der Waals surface area contributed by atoms with E-state index in [1.54, 1.807) is 0 Å². The van der Waals surface area contributed by atoms with Gasteiger partial charge in [0.05, 0.1) is 5.52 Å². The van der Waals surface area contributed by atoms with Crippen LogP contribution < -0.4 is 5.32 Å². The fraction of sp³-hybridized carbons (Fsp3) is 0.500. The Hall–Kier alpha value is -1.61. The summed E-state index contributed by atoms with van der Waals surface area (Å²) in [5, 5.41) is 4.80. The van der Waals surface area contributed by atoms with Gasteiger partial charge in [-0.05, 0) is 63.0 Å². The van der Waals surface area contributed by atoms with Crippen LogP contribution >= 0.6 is 0 Å². The van der Waals surface area contributed by atoms with Crippen molar-refractivity contribution in [1.82, 2.24) is 9.88 Å². The third kappa shape index (κ3) is 3.03. The first-order valence-electron chi connectivity index (χ1n) is 8.03. The van der Waals surface area contributed by atoms with Gasteiger partial charge in [0.1, 0.15) is 5.82 Å². The highest BCUT2D eigenvalue weighted by atomic mass is 15.2. The predicted molar refractivity (Wildman–Crippen MR) is 90.0 cm³/mol. The molecule has 0 unspecified atom stereocenters. The largest absolute Gasteiger partial charge is 0.368 e. The number of hydrogen-bond donors (Lipinski definition) is 1. The number of likely N-dealkylation sites (tertiary alicyclic amines) is 1. The first-order valence-corrected chi connectivity index (χ1v) is 8.03. The molecule has 1 aromatic carbocycles. The van der Waals surface area contributed by atoms with Crippen LogP contribution in [0.5, 0.6) is 0 Å². The van der Waals surface area contributed by atoms with Crippen LogP contribution in [-0.4, -0.2) is 35.6 Å². The molecule has 0 spiro atoms. The van der Waals surface area contributed by atoms with Gasteiger partial charge in [0, 0.05) is 18.0 Å². The van der Waals surface area contributed by atoms with Crippen LogP contribution in [0.1, 0.15) is 30.9 Å². The Morgan fingerprint density at radius 1 is 1.29 bits per heavy atom. The predicted octanol–water partition coefficient (Wildman–Crippen LogP) is 3.75. The second kappa shape index (κ2) is 6.02. The zero-order valence-electron chi connectivity index (χ0n) is 13.3. The quantitative estimate of drug-likeness (QED) is 0.926. The van der Waals surface area contributed by atoms with Crippen LogP contribution in [0.25, 0.3) is 10.9 Å². The second-order valence-electron chi connectivity index (χ2n) is 6.15. The van der Waals surface area contributed by atoms with E-state index in [4.69, 9.17) is 4.98 Å². The molecule has 0 amide bonds. The van der Waals surface area contributed by atoms with E-state index in [1.807, 2.05) is 0 Å². The van der Waals surface area contributed by atoms with Crippen molar-refractivity contribution in [1.29, 1.82) is 0 Å². The molecule has 0 bridgehead atoms. The average Bonchev–Trinajstić information content (AvgIpc) is 2.92. The first-order chi connectivity index (χ1) is 10.2. The fourth-order valence-corrected chi connectivity index (χ4v) is 3.37. The van der Waals surface area contributed by atoms with Crippen LogP contribution in [-0.2, 0) is 0 Å². The maximum absolute atomic E-state index is 4.78. The monoisotopic (exact) mass is 283 g/mol. The van der Waals surface area contributed by atoms with E-state index in [0.29, 0.717) is 6.04 Å². The minimum Gasteiger partial charge on any atom is -0.368 e. The first kappa shape index (κ1) is 14.3. The topological polar surface area (TPSA) is 28.2 Å². The number of anilines is 1. The van der Waals surface area contributed by atoms with Crippen LogP contribution in [0.3, 0.4) is 0 Å². The molecule has 1 atom stereocenters. The molecule has 1 N–H and O–H groups in total. The summed E-state index contributed by atoms with van der Waals surface area (Å²) in [5.74, 6) is 1.01. The number of nitrogens with one attached hydrogen (secondary N) is 1. The Labute approximate surface area is 127 Å². The molecule has 1 aliphatic heterocycles. The van der Waals surface area contributed by atoms with Crippen molar-refractivity contribution in [2.45, 2.75) is 39.7 Å². The van der Waals surface area contributed by atoms with E-state index in [9.17, 15) is 0 Å². The Morgan fingerprint density at radius 3 is 2.95 bits per heavy atom. The molecule has 3 nitrogen and oxygen atoms in total. The molecule has 3 heteroatoms. The molecular weight excluding hydrogens is 258 g/mol. The molecule has 21 heavy (non-hydrogen) atoms. The Bertz CT molecular complexity index is 636. The molecule has 2 aromatic rings. The van der Waals surface area contributed by atoms with Crippen LogP contribution in [0.2, 0.25) is 0 Å². The molecule has 0 radical (unpaired) electrons. The van der Waals surface area contributed by atoms with Gasteiger partial charge in [-0.2, -0.15) is 0 Å². The molecule has 1 aromatic heterocycles. The number of nitrogens with zero attached hydrogens (tertiary/aromatic N) is 2. The molecule has 1 saturated heterocycles. The summed E-state index contributed by atoms with van der Waals surface area (Å²) in [6.45, 7) is 9.92. The summed E-state index contributed by atoms with van der Waals surface area (Å²) < 4.78 is 0. The maximum Gasteiger partial charge on any atom is 0.126 e. The average molecular weight is 283 g/mol. The number of aryl methyl sites for hydroxylation is 2. The van der Waals surface area contributed by atoms with Gasteiger partial charge in [-0.1, -0.05) is 19.1 Å². The minimum absolute atomic E-state index is 0.658. The van der Waals surface area contributed by atoms with Crippen molar-refractivity contribution < 1.29 is 0 Å². The standard InChI is InChI=1S/C18H25N3/c1-4-21-9-5-6-15(21)12-19-18-11-14(3)16-8-7-13(2)10-17(16)20-18/h7-8,10-11,15H,4-6,9,12H2,1-3H3,(H,19,20)/t15-/m0/s1. The lowest BCUT2D eigenvalue weighted by atomic mass is 10.1. The van der Waals surface area contributed by atoms with Crippen LogP contribution in [0, 0.1) is 13.8 Å². The minimum atomic E-state index is 0.658. The Kier molecular flexibility index (Phi) is 4.11. The Balaban J connectivity index is 1.78. The summed E-state index contributed by atoms with van der Waals surface area (Å²) in [6.07, 6.45) is 2.62. The molecule has 3 rings (SSSR count). The molecular formula is C18H25N3. The lowest BCUT2D eigenvalue weighted by molar-refractivity contribution is 0.277. The Morgan fingerprint density at radius 2 is 2.14 bits per heavy atom. The van der Waals surface area contributed by atoms with Gasteiger partial charge in [-0.25, -0.2) is 4.98 Å². The van der Waals surface area contributed by atoms with Gasteiger partial charge in [-0.3, -0.25) is 4.90 Å². The number of fused-ring (bicyclic) bond motifs is 1. The highest BCUT2D eigenvalue weighted by molar-refractivity contribution is 5.84. The van der Waals surface area contributed by atoms with Crippen molar-refractivity contribution >= 4 is 16.7 Å². The summed E-state index contributed by atoms with van der Waals surface area (Å²) in [6, 6.07) is 9.32. The van der Waals surface area contributed by atoms with Gasteiger partial charge < -0.3 is 5.32 Å². The number of aromatic nitrogens is 1. The van der Waals surface area contributed by atoms with E-state index in [2.05, 4.69) is 55.3 Å². The smallest absolute Gasteiger partial charge is 0.126 e. The van der Waals surface area contributed by atoms with Gasteiger partial charge in [0.25, 0.3) is 0 Å². The van der Waals surface area contributed by atoms with Gasteiger partial charge in [0.2, 0.25) is 0 Å². The lowest BCUT2D eigenvalue weighted by Gasteiger charge is -2.23. The van der Waals surface area contributed by atoms with Gasteiger partial charge in [-0.15, -0.1) is 0 Å². The molecule has 2 heterocycles. The summed E-state index contributed by atoms with van der Waals surface area (Å²) >= 11 is 0. The van der Waals surface area contributed by atoms with Gasteiger partial charge >= 0.3 is 0 Å². The molecule has 1 aliphatic rings. The molecule has 0 saturated carbocycles. The summed E-state index contributed by atoms with van der Waals surface area (Å²) in [7, 11) is 0. The fourth-order valence-electron chi connectivity index (χ4n) is 3.37. The van der Waals surface area contributed by atoms with Crippen molar-refractivity contribution in [3.63, 3.8) is 0 Å². The van der Waals surface area contributed by atoms with Gasteiger partial charge in [0.15, 0.2) is 0 Å². The van der Waals surface area contributed by atoms with E-state index in [0.717, 1.165) is 24.4 Å². The van der Waals surface area contributed by atoms with Crippen molar-refractivity contribution in [3.8, 4) is 0 Å². The second-order valence-corrected chi connectivity index (χ2v) is 6.15. The zero-order chi connectivity index (χ0) is 14.8. The third-order valence-corrected chi connectivity index (χ3v) is 4.60. The van der Waals surface area contributed by atoms with E-state index in [-0.39, 0.29) is 0 Å². The van der Waals surface area contributed by atoms with Crippen molar-refractivity contribution in [3.05, 3.63) is 35.4 Å². The number of benzene rings is 1. The third-order valence-electron chi connectivity index (χ3n) is 4.60. The van der Waals surface area contributed by atoms with E-state index in [1.165, 1.54) is 35.9 Å². The number of rotatable bonds is 4. The maximum atomic E-state index is 4.78. The van der Waals surface area contributed by atoms with Crippen LogP contribution in [0.4, 0.5) is 5.82 Å². The molecule has 1 fully saturated rings. The highest BCUT2D eigenvalue weighted by Crippen LogP contribution is 2.22. The SMILES string of the molecule is CCN1CCC[C@H]1CNc1cc(C)c2ccc(C)cc2n1. The number of hydrogen-bond acceptors (Lipinski definition) is 3. The van der Waals surface area contributed by atoms with E-state index < -0.39 is 0 Å². The van der Waals surface area contributed by atoms with Crippen LogP contribution in [0.15, 0.2) is 24.3 Å². The number of likely N-dealkylation sites (N-methyl/N-ethyl adjacent to an activating group) is 1. The lowest BCUT2D eigenvalue weighted by Crippen LogP contribution is -2.34. The molecule has 112 valence electrons.